The molecular weight excluding hydrogens is 535 g/mol. The minimum atomic E-state index is -4.70. The molecule has 1 aromatic heterocycles. The van der Waals surface area contributed by atoms with Crippen molar-refractivity contribution >= 4 is 29.4 Å². The maximum absolute atomic E-state index is 13.9. The van der Waals surface area contributed by atoms with E-state index in [0.29, 0.717) is 23.6 Å². The highest BCUT2D eigenvalue weighted by Crippen LogP contribution is 2.37. The number of benzene rings is 1. The van der Waals surface area contributed by atoms with Crippen molar-refractivity contribution in [3.63, 3.8) is 0 Å². The van der Waals surface area contributed by atoms with E-state index < -0.39 is 28.7 Å². The van der Waals surface area contributed by atoms with Crippen LogP contribution in [0.4, 0.5) is 19.1 Å². The van der Waals surface area contributed by atoms with Crippen LogP contribution >= 0.6 is 11.6 Å². The summed E-state index contributed by atoms with van der Waals surface area (Å²) in [6.07, 6.45) is -1.68. The Morgan fingerprint density at radius 1 is 1.21 bits per heavy atom. The molecule has 3 atom stereocenters. The Morgan fingerprint density at radius 2 is 1.92 bits per heavy atom. The third-order valence-electron chi connectivity index (χ3n) is 7.47. The number of carbonyl (C=O) groups excluding carboxylic acids is 2. The summed E-state index contributed by atoms with van der Waals surface area (Å²) in [4.78, 5) is 45.8. The van der Waals surface area contributed by atoms with Gasteiger partial charge in [0.2, 0.25) is 11.9 Å². The van der Waals surface area contributed by atoms with Crippen molar-refractivity contribution in [3.05, 3.63) is 56.0 Å². The summed E-state index contributed by atoms with van der Waals surface area (Å²) in [5.74, 6) is -0.475. The zero-order chi connectivity index (χ0) is 28.6. The summed E-state index contributed by atoms with van der Waals surface area (Å²) in [7, 11) is 1.60. The van der Waals surface area contributed by atoms with E-state index in [9.17, 15) is 27.6 Å². The summed E-state index contributed by atoms with van der Waals surface area (Å²) >= 11 is 5.74. The molecule has 4 rings (SSSR count). The van der Waals surface area contributed by atoms with Crippen LogP contribution in [0.3, 0.4) is 0 Å². The monoisotopic (exact) mass is 567 g/mol. The van der Waals surface area contributed by atoms with Crippen molar-refractivity contribution in [2.75, 3.05) is 12.4 Å². The highest BCUT2D eigenvalue weighted by Gasteiger charge is 2.37. The molecule has 8 nitrogen and oxygen atoms in total. The predicted molar refractivity (Wildman–Crippen MR) is 142 cm³/mol. The van der Waals surface area contributed by atoms with Crippen molar-refractivity contribution in [2.45, 2.75) is 83.7 Å². The number of rotatable bonds is 5. The normalized spacial score (nSPS) is 21.5. The number of aromatic nitrogens is 2. The van der Waals surface area contributed by atoms with Crippen LogP contribution in [0.1, 0.15) is 79.7 Å². The fourth-order valence-corrected chi connectivity index (χ4v) is 5.75. The fraction of sp³-hybridized carbons (Fsp3) is 0.556. The lowest BCUT2D eigenvalue weighted by molar-refractivity contribution is -0.137. The molecular formula is C27H33ClF3N5O3. The van der Waals surface area contributed by atoms with E-state index in [0.717, 1.165) is 31.4 Å². The van der Waals surface area contributed by atoms with Crippen molar-refractivity contribution in [1.82, 2.24) is 19.8 Å². The smallest absolute Gasteiger partial charge is 0.359 e. The topological polar surface area (TPSA) is 96.3 Å². The molecule has 1 aliphatic carbocycles. The van der Waals surface area contributed by atoms with Crippen molar-refractivity contribution < 1.29 is 22.8 Å². The SMILES string of the molecule is CNC(=O)C1CCCC(n2c(NC(C)C)nc3c(c2=O)C[C@@H](C)N(C(=O)c2ccc(Cl)c(C(F)(F)F)c2)C3)C1. The second-order valence-electron chi connectivity index (χ2n) is 10.6. The molecule has 0 radical (unpaired) electrons. The molecule has 1 aliphatic heterocycles. The molecule has 0 spiro atoms. The second kappa shape index (κ2) is 11.2. The third kappa shape index (κ3) is 5.92. The number of hydrogen-bond acceptors (Lipinski definition) is 5. The number of alkyl halides is 3. The number of amides is 2. The van der Waals surface area contributed by atoms with Gasteiger partial charge >= 0.3 is 6.18 Å². The van der Waals surface area contributed by atoms with Crippen LogP contribution in [-0.4, -0.2) is 45.4 Å². The van der Waals surface area contributed by atoms with Crippen LogP contribution in [0, 0.1) is 5.92 Å². The summed E-state index contributed by atoms with van der Waals surface area (Å²) in [5.41, 5.74) is -0.537. The Balaban J connectivity index is 1.71. The molecule has 12 heteroatoms. The van der Waals surface area contributed by atoms with Crippen LogP contribution in [0.5, 0.6) is 0 Å². The maximum atomic E-state index is 13.9. The summed E-state index contributed by atoms with van der Waals surface area (Å²) in [6.45, 7) is 5.57. The van der Waals surface area contributed by atoms with Gasteiger partial charge in [-0.3, -0.25) is 19.0 Å². The van der Waals surface area contributed by atoms with Gasteiger partial charge in [0.1, 0.15) is 0 Å². The van der Waals surface area contributed by atoms with Gasteiger partial charge in [0.05, 0.1) is 22.8 Å². The van der Waals surface area contributed by atoms with Crippen molar-refractivity contribution in [3.8, 4) is 0 Å². The molecule has 1 saturated carbocycles. The Labute approximate surface area is 229 Å². The molecule has 1 fully saturated rings. The standard InChI is InChI=1S/C27H33ClF3N5O3/c1-14(2)33-26-34-22-13-35(24(38)17-8-9-21(28)20(12-17)27(29,30)31)15(3)10-19(22)25(39)36(26)18-7-5-6-16(11-18)23(37)32-4/h8-9,12,14-16,18H,5-7,10-11,13H2,1-4H3,(H,32,37)(H,33,34)/t15-,16?,18?/m1/s1. The first kappa shape index (κ1) is 28.9. The van der Waals surface area contributed by atoms with Crippen LogP contribution < -0.4 is 16.2 Å². The molecule has 0 saturated heterocycles. The number of hydrogen-bond donors (Lipinski definition) is 2. The van der Waals surface area contributed by atoms with E-state index in [1.807, 2.05) is 13.8 Å². The molecule has 2 aliphatic rings. The minimum Gasteiger partial charge on any atom is -0.359 e. The number of anilines is 1. The van der Waals surface area contributed by atoms with Gasteiger partial charge in [0.25, 0.3) is 11.5 Å². The van der Waals surface area contributed by atoms with Gasteiger partial charge in [0, 0.05) is 42.2 Å². The Hall–Kier alpha value is -3.08. The molecule has 2 unspecified atom stereocenters. The van der Waals surface area contributed by atoms with Crippen molar-refractivity contribution in [2.24, 2.45) is 5.92 Å². The van der Waals surface area contributed by atoms with Crippen LogP contribution in [0.15, 0.2) is 23.0 Å². The average molecular weight is 568 g/mol. The van der Waals surface area contributed by atoms with E-state index >= 15 is 0 Å². The van der Waals surface area contributed by atoms with Crippen LogP contribution in [-0.2, 0) is 23.9 Å². The largest absolute Gasteiger partial charge is 0.417 e. The first-order valence-electron chi connectivity index (χ1n) is 13.1. The van der Waals surface area contributed by atoms with E-state index in [-0.39, 0.29) is 48.0 Å². The first-order chi connectivity index (χ1) is 18.3. The summed E-state index contributed by atoms with van der Waals surface area (Å²) in [6, 6.07) is 2.39. The minimum absolute atomic E-state index is 0.0201. The summed E-state index contributed by atoms with van der Waals surface area (Å²) in [5, 5.41) is 5.47. The first-order valence-corrected chi connectivity index (χ1v) is 13.5. The molecule has 2 heterocycles. The molecule has 2 N–H and O–H groups in total. The zero-order valence-corrected chi connectivity index (χ0v) is 23.1. The van der Waals surface area contributed by atoms with Gasteiger partial charge in [-0.1, -0.05) is 18.0 Å². The lowest BCUT2D eigenvalue weighted by Gasteiger charge is -2.36. The highest BCUT2D eigenvalue weighted by atomic mass is 35.5. The van der Waals surface area contributed by atoms with Gasteiger partial charge in [-0.15, -0.1) is 0 Å². The van der Waals surface area contributed by atoms with E-state index in [2.05, 4.69) is 10.6 Å². The number of nitrogens with zero attached hydrogens (tertiary/aromatic N) is 3. The Bertz CT molecular complexity index is 1330. The number of fused-ring (bicyclic) bond motifs is 1. The molecule has 0 bridgehead atoms. The van der Waals surface area contributed by atoms with E-state index in [1.165, 1.54) is 11.0 Å². The number of nitrogens with one attached hydrogen (secondary N) is 2. The molecule has 1 aromatic carbocycles. The predicted octanol–water partition coefficient (Wildman–Crippen LogP) is 4.80. The van der Waals surface area contributed by atoms with Crippen LogP contribution in [0.2, 0.25) is 5.02 Å². The van der Waals surface area contributed by atoms with Gasteiger partial charge in [0.15, 0.2) is 0 Å². The van der Waals surface area contributed by atoms with Gasteiger partial charge in [-0.25, -0.2) is 4.98 Å². The Morgan fingerprint density at radius 3 is 2.56 bits per heavy atom. The number of carbonyl (C=O) groups is 2. The van der Waals surface area contributed by atoms with E-state index in [4.69, 9.17) is 16.6 Å². The van der Waals surface area contributed by atoms with Gasteiger partial charge < -0.3 is 15.5 Å². The summed E-state index contributed by atoms with van der Waals surface area (Å²) < 4.78 is 41.8. The fourth-order valence-electron chi connectivity index (χ4n) is 5.53. The average Bonchev–Trinajstić information content (AvgIpc) is 2.87. The zero-order valence-electron chi connectivity index (χ0n) is 22.4. The third-order valence-corrected chi connectivity index (χ3v) is 7.80. The van der Waals surface area contributed by atoms with E-state index in [1.54, 1.807) is 18.5 Å². The molecule has 39 heavy (non-hydrogen) atoms. The van der Waals surface area contributed by atoms with Crippen molar-refractivity contribution in [1.29, 1.82) is 0 Å². The number of halogens is 4. The molecule has 2 aromatic rings. The lowest BCUT2D eigenvalue weighted by atomic mass is 9.84. The Kier molecular flexibility index (Phi) is 8.30. The lowest BCUT2D eigenvalue weighted by Crippen LogP contribution is -2.47. The second-order valence-corrected chi connectivity index (χ2v) is 11.1. The highest BCUT2D eigenvalue weighted by molar-refractivity contribution is 6.31. The molecule has 2 amide bonds. The van der Waals surface area contributed by atoms with Gasteiger partial charge in [-0.2, -0.15) is 13.2 Å². The van der Waals surface area contributed by atoms with Gasteiger partial charge in [-0.05, 0) is 64.7 Å². The van der Waals surface area contributed by atoms with Crippen LogP contribution in [0.25, 0.3) is 0 Å². The maximum Gasteiger partial charge on any atom is 0.417 e. The quantitative estimate of drug-likeness (QED) is 0.541. The molecule has 212 valence electrons.